The Labute approximate surface area is 121 Å². The van der Waals surface area contributed by atoms with E-state index < -0.39 is 0 Å². The number of halogens is 1. The second-order valence-electron chi connectivity index (χ2n) is 4.93. The second kappa shape index (κ2) is 5.83. The lowest BCUT2D eigenvalue weighted by atomic mass is 10.0. The highest BCUT2D eigenvalue weighted by Gasteiger charge is 2.20. The van der Waals surface area contributed by atoms with Crippen LogP contribution in [0.15, 0.2) is 48.5 Å². The van der Waals surface area contributed by atoms with E-state index >= 15 is 0 Å². The fraction of sp³-hybridized carbons (Fsp3) is 0.188. The minimum absolute atomic E-state index is 0.0830. The number of rotatable bonds is 2. The van der Waals surface area contributed by atoms with Gasteiger partial charge in [0, 0.05) is 5.69 Å². The Hall–Kier alpha value is -2.56. The molecule has 1 aliphatic heterocycles. The fourth-order valence-corrected chi connectivity index (χ4v) is 2.31. The number of urea groups is 1. The first-order valence-corrected chi connectivity index (χ1v) is 6.74. The van der Waals surface area contributed by atoms with Crippen LogP contribution < -0.4 is 15.4 Å². The van der Waals surface area contributed by atoms with E-state index in [4.69, 9.17) is 4.74 Å². The van der Waals surface area contributed by atoms with Gasteiger partial charge in [-0.25, -0.2) is 9.18 Å². The summed E-state index contributed by atoms with van der Waals surface area (Å²) in [5.74, 6) is 0.535. The molecule has 21 heavy (non-hydrogen) atoms. The van der Waals surface area contributed by atoms with Crippen LogP contribution in [0.4, 0.5) is 14.9 Å². The Balaban J connectivity index is 1.57. The van der Waals surface area contributed by atoms with Crippen LogP contribution in [0.3, 0.4) is 0 Å². The van der Waals surface area contributed by atoms with Crippen LogP contribution in [0.2, 0.25) is 0 Å². The average Bonchev–Trinajstić information content (AvgIpc) is 2.49. The summed E-state index contributed by atoms with van der Waals surface area (Å²) in [6.07, 6.45) is 0.729. The molecule has 1 unspecified atom stereocenters. The van der Waals surface area contributed by atoms with E-state index in [-0.39, 0.29) is 17.9 Å². The Morgan fingerprint density at radius 3 is 2.71 bits per heavy atom. The summed E-state index contributed by atoms with van der Waals surface area (Å²) in [4.78, 5) is 11.9. The Morgan fingerprint density at radius 2 is 1.90 bits per heavy atom. The van der Waals surface area contributed by atoms with Crippen molar-refractivity contribution in [1.82, 2.24) is 5.32 Å². The molecule has 1 heterocycles. The number of fused-ring (bicyclic) bond motifs is 1. The molecule has 0 saturated heterocycles. The third-order valence-corrected chi connectivity index (χ3v) is 3.32. The minimum Gasteiger partial charge on any atom is -0.491 e. The number of hydrogen-bond donors (Lipinski definition) is 2. The first-order valence-electron chi connectivity index (χ1n) is 6.74. The quantitative estimate of drug-likeness (QED) is 0.891. The summed E-state index contributed by atoms with van der Waals surface area (Å²) in [6.45, 7) is 0.438. The molecule has 2 N–H and O–H groups in total. The molecule has 0 spiro atoms. The lowest BCUT2D eigenvalue weighted by Crippen LogP contribution is -2.44. The van der Waals surface area contributed by atoms with Crippen LogP contribution in [-0.4, -0.2) is 18.7 Å². The zero-order valence-corrected chi connectivity index (χ0v) is 11.3. The van der Waals surface area contributed by atoms with Crippen molar-refractivity contribution in [3.8, 4) is 5.75 Å². The number of amides is 2. The number of para-hydroxylation sites is 1. The van der Waals surface area contributed by atoms with Crippen LogP contribution in [-0.2, 0) is 6.42 Å². The number of ether oxygens (including phenoxy) is 1. The lowest BCUT2D eigenvalue weighted by Gasteiger charge is -2.26. The summed E-state index contributed by atoms with van der Waals surface area (Å²) in [5, 5.41) is 5.52. The van der Waals surface area contributed by atoms with E-state index in [1.165, 1.54) is 24.3 Å². The Bertz CT molecular complexity index is 643. The summed E-state index contributed by atoms with van der Waals surface area (Å²) >= 11 is 0. The van der Waals surface area contributed by atoms with Crippen molar-refractivity contribution in [3.05, 3.63) is 59.9 Å². The summed E-state index contributed by atoms with van der Waals surface area (Å²) < 4.78 is 18.4. The first kappa shape index (κ1) is 13.4. The third-order valence-electron chi connectivity index (χ3n) is 3.32. The predicted octanol–water partition coefficient (Wildman–Crippen LogP) is 2.95. The molecule has 2 aromatic rings. The maximum absolute atomic E-state index is 12.8. The summed E-state index contributed by atoms with van der Waals surface area (Å²) in [5.41, 5.74) is 1.63. The van der Waals surface area contributed by atoms with Crippen LogP contribution in [0.1, 0.15) is 5.56 Å². The average molecular weight is 286 g/mol. The van der Waals surface area contributed by atoms with Gasteiger partial charge in [0.2, 0.25) is 0 Å². The van der Waals surface area contributed by atoms with Gasteiger partial charge in [-0.2, -0.15) is 0 Å². The standard InChI is InChI=1S/C16H15FN2O2/c17-12-5-7-13(8-6-12)18-16(20)19-14-9-11-3-1-2-4-15(11)21-10-14/h1-8,14H,9-10H2,(H2,18,19,20). The SMILES string of the molecule is O=C(Nc1ccc(F)cc1)NC1COc2ccccc2C1. The predicted molar refractivity (Wildman–Crippen MR) is 78.0 cm³/mol. The maximum atomic E-state index is 12.8. The number of nitrogens with one attached hydrogen (secondary N) is 2. The molecule has 0 aromatic heterocycles. The van der Waals surface area contributed by atoms with Gasteiger partial charge in [-0.3, -0.25) is 0 Å². The van der Waals surface area contributed by atoms with Crippen LogP contribution in [0.25, 0.3) is 0 Å². The Morgan fingerprint density at radius 1 is 1.14 bits per heavy atom. The summed E-state index contributed by atoms with van der Waals surface area (Å²) in [6, 6.07) is 13.0. The highest BCUT2D eigenvalue weighted by atomic mass is 19.1. The van der Waals surface area contributed by atoms with Crippen molar-refractivity contribution in [2.24, 2.45) is 0 Å². The normalized spacial score (nSPS) is 16.5. The topological polar surface area (TPSA) is 50.4 Å². The molecule has 0 radical (unpaired) electrons. The maximum Gasteiger partial charge on any atom is 0.319 e. The molecule has 108 valence electrons. The van der Waals surface area contributed by atoms with E-state index in [0.717, 1.165) is 17.7 Å². The van der Waals surface area contributed by atoms with Crippen molar-refractivity contribution in [3.63, 3.8) is 0 Å². The highest BCUT2D eigenvalue weighted by molar-refractivity contribution is 5.89. The largest absolute Gasteiger partial charge is 0.491 e. The van der Waals surface area contributed by atoms with Crippen molar-refractivity contribution in [2.75, 3.05) is 11.9 Å². The van der Waals surface area contributed by atoms with Crippen molar-refractivity contribution in [1.29, 1.82) is 0 Å². The molecular formula is C16H15FN2O2. The van der Waals surface area contributed by atoms with Crippen LogP contribution in [0, 0.1) is 5.82 Å². The van der Waals surface area contributed by atoms with Gasteiger partial charge in [0.1, 0.15) is 18.2 Å². The van der Waals surface area contributed by atoms with Crippen molar-refractivity contribution < 1.29 is 13.9 Å². The molecule has 3 rings (SSSR count). The van der Waals surface area contributed by atoms with Gasteiger partial charge >= 0.3 is 6.03 Å². The first-order chi connectivity index (χ1) is 10.2. The number of carbonyl (C=O) groups is 1. The number of benzene rings is 2. The fourth-order valence-electron chi connectivity index (χ4n) is 2.31. The number of anilines is 1. The molecule has 0 aliphatic carbocycles. The van der Waals surface area contributed by atoms with Gasteiger partial charge in [-0.1, -0.05) is 18.2 Å². The van der Waals surface area contributed by atoms with Gasteiger partial charge in [0.15, 0.2) is 0 Å². The van der Waals surface area contributed by atoms with Crippen LogP contribution >= 0.6 is 0 Å². The zero-order chi connectivity index (χ0) is 14.7. The van der Waals surface area contributed by atoms with E-state index in [2.05, 4.69) is 10.6 Å². The third kappa shape index (κ3) is 3.31. The highest BCUT2D eigenvalue weighted by Crippen LogP contribution is 2.23. The molecule has 5 heteroatoms. The minimum atomic E-state index is -0.335. The summed E-state index contributed by atoms with van der Waals surface area (Å²) in [7, 11) is 0. The molecule has 4 nitrogen and oxygen atoms in total. The molecule has 0 saturated carbocycles. The smallest absolute Gasteiger partial charge is 0.319 e. The lowest BCUT2D eigenvalue weighted by molar-refractivity contribution is 0.222. The van der Waals surface area contributed by atoms with Crippen LogP contribution in [0.5, 0.6) is 5.75 Å². The molecule has 0 fully saturated rings. The van der Waals surface area contributed by atoms with Gasteiger partial charge in [0.05, 0.1) is 6.04 Å². The van der Waals surface area contributed by atoms with E-state index in [9.17, 15) is 9.18 Å². The molecular weight excluding hydrogens is 271 g/mol. The molecule has 0 bridgehead atoms. The molecule has 2 amide bonds. The van der Waals surface area contributed by atoms with Crippen molar-refractivity contribution in [2.45, 2.75) is 12.5 Å². The monoisotopic (exact) mass is 286 g/mol. The molecule has 1 atom stereocenters. The van der Waals surface area contributed by atoms with E-state index in [1.54, 1.807) is 0 Å². The zero-order valence-electron chi connectivity index (χ0n) is 11.3. The van der Waals surface area contributed by atoms with Gasteiger partial charge < -0.3 is 15.4 Å². The molecule has 2 aromatic carbocycles. The van der Waals surface area contributed by atoms with E-state index in [0.29, 0.717) is 12.3 Å². The number of hydrogen-bond acceptors (Lipinski definition) is 2. The second-order valence-corrected chi connectivity index (χ2v) is 4.93. The number of carbonyl (C=O) groups excluding carboxylic acids is 1. The Kier molecular flexibility index (Phi) is 3.73. The van der Waals surface area contributed by atoms with Crippen molar-refractivity contribution >= 4 is 11.7 Å². The molecule has 1 aliphatic rings. The van der Waals surface area contributed by atoms with E-state index in [1.807, 2.05) is 24.3 Å². The van der Waals surface area contributed by atoms with Gasteiger partial charge in [0.25, 0.3) is 0 Å². The van der Waals surface area contributed by atoms with Gasteiger partial charge in [-0.05, 0) is 42.3 Å². The van der Waals surface area contributed by atoms with Gasteiger partial charge in [-0.15, -0.1) is 0 Å².